The molecule has 29 heavy (non-hydrogen) atoms. The van der Waals surface area contributed by atoms with E-state index in [1.54, 1.807) is 31.6 Å². The second-order valence-corrected chi connectivity index (χ2v) is 8.07. The van der Waals surface area contributed by atoms with Crippen molar-refractivity contribution >= 4 is 5.91 Å². The number of aromatic nitrogens is 1. The van der Waals surface area contributed by atoms with Gasteiger partial charge >= 0.3 is 0 Å². The first-order valence-electron chi connectivity index (χ1n) is 10.4. The first-order chi connectivity index (χ1) is 14.2. The van der Waals surface area contributed by atoms with Crippen molar-refractivity contribution in [3.8, 4) is 5.75 Å². The summed E-state index contributed by atoms with van der Waals surface area (Å²) in [7, 11) is 1.70. The van der Waals surface area contributed by atoms with Gasteiger partial charge in [0.25, 0.3) is 5.91 Å². The molecule has 4 rings (SSSR count). The second kappa shape index (κ2) is 8.93. The third-order valence-corrected chi connectivity index (χ3v) is 5.94. The predicted octanol–water partition coefficient (Wildman–Crippen LogP) is 3.03. The molecule has 2 aliphatic heterocycles. The highest BCUT2D eigenvalue weighted by molar-refractivity contribution is 5.93. The monoisotopic (exact) mass is 395 g/mol. The third-order valence-electron chi connectivity index (χ3n) is 5.94. The Kier molecular flexibility index (Phi) is 6.11. The normalized spacial score (nSPS) is 24.5. The van der Waals surface area contributed by atoms with Crippen LogP contribution in [-0.4, -0.2) is 54.2 Å². The zero-order valence-electron chi connectivity index (χ0n) is 17.0. The molecule has 1 N–H and O–H groups in total. The van der Waals surface area contributed by atoms with E-state index in [4.69, 9.17) is 9.47 Å². The van der Waals surface area contributed by atoms with Crippen LogP contribution in [0.4, 0.5) is 0 Å². The average Bonchev–Trinajstić information content (AvgIpc) is 3.14. The smallest absolute Gasteiger partial charge is 0.251 e. The first kappa shape index (κ1) is 19.9. The van der Waals surface area contributed by atoms with Crippen LogP contribution in [-0.2, 0) is 11.3 Å². The summed E-state index contributed by atoms with van der Waals surface area (Å²) in [6.45, 7) is 3.44. The maximum absolute atomic E-state index is 12.3. The molecule has 154 valence electrons. The van der Waals surface area contributed by atoms with Gasteiger partial charge in [0.1, 0.15) is 5.75 Å². The molecule has 1 aromatic heterocycles. The van der Waals surface area contributed by atoms with Gasteiger partial charge in [-0.05, 0) is 55.5 Å². The van der Waals surface area contributed by atoms with Crippen molar-refractivity contribution < 1.29 is 14.3 Å². The first-order valence-corrected chi connectivity index (χ1v) is 10.4. The summed E-state index contributed by atoms with van der Waals surface area (Å²) < 4.78 is 11.9. The number of hydrogen-bond donors (Lipinski definition) is 1. The maximum Gasteiger partial charge on any atom is 0.251 e. The Bertz CT molecular complexity index is 829. The van der Waals surface area contributed by atoms with Gasteiger partial charge in [-0.15, -0.1) is 0 Å². The van der Waals surface area contributed by atoms with E-state index in [1.165, 1.54) is 5.56 Å². The number of carbonyl (C=O) groups excluding carboxylic acids is 1. The van der Waals surface area contributed by atoms with Crippen LogP contribution in [0.15, 0.2) is 48.8 Å². The van der Waals surface area contributed by atoms with Crippen molar-refractivity contribution in [3.05, 3.63) is 59.9 Å². The van der Waals surface area contributed by atoms with Gasteiger partial charge in [-0.3, -0.25) is 14.7 Å². The molecule has 3 heterocycles. The van der Waals surface area contributed by atoms with Gasteiger partial charge in [0.2, 0.25) is 0 Å². The SMILES string of the molecule is COc1cccc(CN2CC[C@]3(CCC[C@@H](CNC(=O)c4ccncc4)O3)C2)c1. The molecule has 1 aromatic carbocycles. The molecule has 0 saturated carbocycles. The molecule has 6 nitrogen and oxygen atoms in total. The summed E-state index contributed by atoms with van der Waals surface area (Å²) >= 11 is 0. The summed E-state index contributed by atoms with van der Waals surface area (Å²) in [6, 6.07) is 11.7. The van der Waals surface area contributed by atoms with Gasteiger partial charge in [0.05, 0.1) is 18.8 Å². The Morgan fingerprint density at radius 3 is 3.00 bits per heavy atom. The van der Waals surface area contributed by atoms with Gasteiger partial charge in [0.15, 0.2) is 0 Å². The molecular formula is C23H29N3O3. The Morgan fingerprint density at radius 1 is 1.31 bits per heavy atom. The highest BCUT2D eigenvalue weighted by Gasteiger charge is 2.42. The summed E-state index contributed by atoms with van der Waals surface area (Å²) in [5.74, 6) is 0.831. The molecule has 0 bridgehead atoms. The number of ether oxygens (including phenoxy) is 2. The Labute approximate surface area is 172 Å². The van der Waals surface area contributed by atoms with Crippen molar-refractivity contribution in [2.24, 2.45) is 0 Å². The number of rotatable bonds is 6. The molecule has 0 unspecified atom stereocenters. The lowest BCUT2D eigenvalue weighted by molar-refractivity contribution is -0.118. The predicted molar refractivity (Wildman–Crippen MR) is 111 cm³/mol. The van der Waals surface area contributed by atoms with Crippen LogP contribution < -0.4 is 10.1 Å². The molecule has 1 amide bonds. The molecule has 2 fully saturated rings. The van der Waals surface area contributed by atoms with Crippen molar-refractivity contribution in [2.75, 3.05) is 26.7 Å². The molecule has 0 aliphatic carbocycles. The van der Waals surface area contributed by atoms with E-state index < -0.39 is 0 Å². The number of benzene rings is 1. The number of nitrogens with one attached hydrogen (secondary N) is 1. The Balaban J connectivity index is 1.30. The van der Waals surface area contributed by atoms with Gasteiger partial charge in [-0.2, -0.15) is 0 Å². The van der Waals surface area contributed by atoms with Gasteiger partial charge in [0, 0.05) is 44.1 Å². The minimum absolute atomic E-state index is 0.0679. The molecule has 2 saturated heterocycles. The topological polar surface area (TPSA) is 63.7 Å². The summed E-state index contributed by atoms with van der Waals surface area (Å²) in [6.07, 6.45) is 7.62. The summed E-state index contributed by atoms with van der Waals surface area (Å²) in [5, 5.41) is 3.02. The number of hydrogen-bond acceptors (Lipinski definition) is 5. The van der Waals surface area contributed by atoms with Crippen molar-refractivity contribution in [1.82, 2.24) is 15.2 Å². The van der Waals surface area contributed by atoms with Crippen LogP contribution in [0.2, 0.25) is 0 Å². The highest BCUT2D eigenvalue weighted by atomic mass is 16.5. The van der Waals surface area contributed by atoms with Crippen molar-refractivity contribution in [1.29, 1.82) is 0 Å². The van der Waals surface area contributed by atoms with Crippen LogP contribution in [0, 0.1) is 0 Å². The fourth-order valence-electron chi connectivity index (χ4n) is 4.47. The molecular weight excluding hydrogens is 366 g/mol. The van der Waals surface area contributed by atoms with E-state index in [0.717, 1.165) is 51.1 Å². The van der Waals surface area contributed by atoms with Gasteiger partial charge < -0.3 is 14.8 Å². The van der Waals surface area contributed by atoms with Crippen molar-refractivity contribution in [2.45, 2.75) is 43.9 Å². The largest absolute Gasteiger partial charge is 0.497 e. The summed E-state index contributed by atoms with van der Waals surface area (Å²) in [4.78, 5) is 18.7. The van der Waals surface area contributed by atoms with Crippen molar-refractivity contribution in [3.63, 3.8) is 0 Å². The lowest BCUT2D eigenvalue weighted by Gasteiger charge is -2.39. The number of methoxy groups -OCH3 is 1. The van der Waals surface area contributed by atoms with E-state index in [9.17, 15) is 4.79 Å². The molecule has 0 radical (unpaired) electrons. The molecule has 1 spiro atoms. The summed E-state index contributed by atoms with van der Waals surface area (Å²) in [5.41, 5.74) is 1.82. The van der Waals surface area contributed by atoms with E-state index in [2.05, 4.69) is 27.3 Å². The standard InChI is InChI=1S/C23H29N3O3/c1-28-20-5-2-4-18(14-20)16-26-13-10-23(17-26)9-3-6-21(29-23)15-25-22(27)19-7-11-24-12-8-19/h2,4-5,7-8,11-12,14,21H,3,6,9-10,13,15-17H2,1H3,(H,25,27)/t21-,23+/m0/s1. The molecule has 2 atom stereocenters. The maximum atomic E-state index is 12.3. The number of pyridine rings is 1. The number of nitrogens with zero attached hydrogens (tertiary/aromatic N) is 2. The van der Waals surface area contributed by atoms with Gasteiger partial charge in [-0.25, -0.2) is 0 Å². The van der Waals surface area contributed by atoms with Crippen LogP contribution in [0.5, 0.6) is 5.75 Å². The third kappa shape index (κ3) is 4.95. The average molecular weight is 396 g/mol. The zero-order chi connectivity index (χ0) is 20.1. The van der Waals surface area contributed by atoms with E-state index in [0.29, 0.717) is 12.1 Å². The minimum atomic E-state index is -0.0802. The van der Waals surface area contributed by atoms with Crippen LogP contribution in [0.25, 0.3) is 0 Å². The zero-order valence-corrected chi connectivity index (χ0v) is 17.0. The van der Waals surface area contributed by atoms with Gasteiger partial charge in [-0.1, -0.05) is 12.1 Å². The van der Waals surface area contributed by atoms with E-state index in [1.807, 2.05) is 12.1 Å². The quantitative estimate of drug-likeness (QED) is 0.815. The lowest BCUT2D eigenvalue weighted by Crippen LogP contribution is -2.46. The van der Waals surface area contributed by atoms with E-state index >= 15 is 0 Å². The van der Waals surface area contributed by atoms with E-state index in [-0.39, 0.29) is 17.6 Å². The number of likely N-dealkylation sites (tertiary alicyclic amines) is 1. The fraction of sp³-hybridized carbons (Fsp3) is 0.478. The number of carbonyl (C=O) groups is 1. The van der Waals surface area contributed by atoms with Crippen LogP contribution >= 0.6 is 0 Å². The molecule has 2 aromatic rings. The van der Waals surface area contributed by atoms with Crippen LogP contribution in [0.3, 0.4) is 0 Å². The lowest BCUT2D eigenvalue weighted by atomic mass is 9.90. The fourth-order valence-corrected chi connectivity index (χ4v) is 4.47. The number of amides is 1. The molecule has 6 heteroatoms. The molecule has 2 aliphatic rings. The Morgan fingerprint density at radius 2 is 2.17 bits per heavy atom. The van der Waals surface area contributed by atoms with Crippen LogP contribution in [0.1, 0.15) is 41.6 Å². The highest BCUT2D eigenvalue weighted by Crippen LogP contribution is 2.37. The second-order valence-electron chi connectivity index (χ2n) is 8.07. The Hall–Kier alpha value is -2.44. The minimum Gasteiger partial charge on any atom is -0.497 e.